The van der Waals surface area contributed by atoms with Crippen LogP contribution in [0.1, 0.15) is 62.6 Å². The van der Waals surface area contributed by atoms with Crippen molar-refractivity contribution in [2.24, 2.45) is 10.9 Å². The van der Waals surface area contributed by atoms with E-state index >= 15 is 0 Å². The van der Waals surface area contributed by atoms with Crippen molar-refractivity contribution in [1.29, 1.82) is 0 Å². The van der Waals surface area contributed by atoms with Crippen molar-refractivity contribution in [3.63, 3.8) is 0 Å². The molecule has 1 amide bonds. The van der Waals surface area contributed by atoms with E-state index in [9.17, 15) is 4.79 Å². The van der Waals surface area contributed by atoms with Crippen molar-refractivity contribution >= 4 is 17.4 Å². The first kappa shape index (κ1) is 18.0. The highest BCUT2D eigenvalue weighted by Gasteiger charge is 2.44. The molecule has 1 saturated carbocycles. The number of nitrogens with zero attached hydrogens (tertiary/aromatic N) is 1. The van der Waals surface area contributed by atoms with Gasteiger partial charge >= 0.3 is 0 Å². The molecule has 2 unspecified atom stereocenters. The highest BCUT2D eigenvalue weighted by atomic mass is 16.2. The second-order valence-corrected chi connectivity index (χ2v) is 8.85. The Balaban J connectivity index is 1.41. The van der Waals surface area contributed by atoms with Gasteiger partial charge in [-0.05, 0) is 53.4 Å². The molecule has 3 heteroatoms. The molecule has 3 nitrogen and oxygen atoms in total. The summed E-state index contributed by atoms with van der Waals surface area (Å²) in [5.41, 5.74) is 5.03. The Hall–Kier alpha value is -2.42. The quantitative estimate of drug-likeness (QED) is 0.779. The van der Waals surface area contributed by atoms with Gasteiger partial charge in [-0.2, -0.15) is 0 Å². The molecular formula is C24H28N2O. The smallest absolute Gasteiger partial charge is 0.229 e. The normalized spacial score (nSPS) is 21.7. The van der Waals surface area contributed by atoms with Crippen molar-refractivity contribution in [2.45, 2.75) is 57.8 Å². The fourth-order valence-corrected chi connectivity index (χ4v) is 3.89. The van der Waals surface area contributed by atoms with Gasteiger partial charge in [0.05, 0.1) is 5.69 Å². The molecule has 1 fully saturated rings. The first-order chi connectivity index (χ1) is 12.9. The van der Waals surface area contributed by atoms with Crippen LogP contribution in [0, 0.1) is 5.92 Å². The predicted molar refractivity (Wildman–Crippen MR) is 111 cm³/mol. The molecule has 0 aromatic heterocycles. The number of benzene rings is 2. The summed E-state index contributed by atoms with van der Waals surface area (Å²) in [7, 11) is 0. The summed E-state index contributed by atoms with van der Waals surface area (Å²) in [6, 6.07) is 17.0. The lowest BCUT2D eigenvalue weighted by Gasteiger charge is -2.19. The highest BCUT2D eigenvalue weighted by Crippen LogP contribution is 2.47. The van der Waals surface area contributed by atoms with Gasteiger partial charge in [-0.3, -0.25) is 4.79 Å². The van der Waals surface area contributed by atoms with E-state index < -0.39 is 0 Å². The van der Waals surface area contributed by atoms with Gasteiger partial charge in [-0.1, -0.05) is 63.2 Å². The van der Waals surface area contributed by atoms with E-state index in [1.165, 1.54) is 16.7 Å². The number of nitrogens with one attached hydrogen (secondary N) is 1. The van der Waals surface area contributed by atoms with Crippen LogP contribution in [0.25, 0.3) is 0 Å². The molecule has 0 bridgehead atoms. The molecule has 2 atom stereocenters. The first-order valence-corrected chi connectivity index (χ1v) is 9.98. The van der Waals surface area contributed by atoms with E-state index in [2.05, 4.69) is 62.5 Å². The number of amides is 1. The molecule has 1 N–H and O–H groups in total. The Morgan fingerprint density at radius 2 is 1.78 bits per heavy atom. The van der Waals surface area contributed by atoms with E-state index in [-0.39, 0.29) is 17.2 Å². The van der Waals surface area contributed by atoms with Crippen LogP contribution in [-0.4, -0.2) is 11.7 Å². The largest absolute Gasteiger partial charge is 0.314 e. The summed E-state index contributed by atoms with van der Waals surface area (Å²) in [6.45, 7) is 6.67. The number of amidine groups is 1. The molecule has 0 saturated heterocycles. The van der Waals surface area contributed by atoms with Crippen LogP contribution in [-0.2, 0) is 16.6 Å². The van der Waals surface area contributed by atoms with Crippen LogP contribution in [0.2, 0.25) is 0 Å². The Bertz CT molecular complexity index is 874. The molecule has 2 aromatic carbocycles. The van der Waals surface area contributed by atoms with Gasteiger partial charge in [0.15, 0.2) is 0 Å². The zero-order chi connectivity index (χ0) is 19.0. The Labute approximate surface area is 161 Å². The molecule has 27 heavy (non-hydrogen) atoms. The second-order valence-electron chi connectivity index (χ2n) is 8.85. The topological polar surface area (TPSA) is 41.5 Å². The summed E-state index contributed by atoms with van der Waals surface area (Å²) >= 11 is 0. The number of aryl methyl sites for hydroxylation is 1. The standard InChI is InChI=1S/C24H28N2O/c1-24(2,3)18-13-11-16(12-14-18)19-15-20(19)23(27)26-22-10-6-8-17-7-4-5-9-21(17)25-22/h4-5,7,9,11-14,19-20H,6,8,10,15H2,1-3H3,(H,25,26,27). The van der Waals surface area contributed by atoms with Crippen molar-refractivity contribution in [3.8, 4) is 0 Å². The van der Waals surface area contributed by atoms with Crippen molar-refractivity contribution in [2.75, 3.05) is 0 Å². The van der Waals surface area contributed by atoms with Gasteiger partial charge in [-0.25, -0.2) is 4.99 Å². The fraction of sp³-hybridized carbons (Fsp3) is 0.417. The van der Waals surface area contributed by atoms with Gasteiger partial charge in [-0.15, -0.1) is 0 Å². The third-order valence-electron chi connectivity index (χ3n) is 5.71. The molecule has 2 aromatic rings. The predicted octanol–water partition coefficient (Wildman–Crippen LogP) is 5.27. The summed E-state index contributed by atoms with van der Waals surface area (Å²) in [5.74, 6) is 1.36. The molecule has 1 aliphatic carbocycles. The van der Waals surface area contributed by atoms with E-state index in [0.29, 0.717) is 5.92 Å². The number of hydrogen-bond acceptors (Lipinski definition) is 2. The average Bonchev–Trinajstić information content (AvgIpc) is 3.44. The summed E-state index contributed by atoms with van der Waals surface area (Å²) < 4.78 is 0. The van der Waals surface area contributed by atoms with Gasteiger partial charge in [0.25, 0.3) is 0 Å². The van der Waals surface area contributed by atoms with E-state index in [4.69, 9.17) is 4.99 Å². The minimum Gasteiger partial charge on any atom is -0.314 e. The van der Waals surface area contributed by atoms with Gasteiger partial charge in [0.2, 0.25) is 5.91 Å². The van der Waals surface area contributed by atoms with Crippen LogP contribution in [0.3, 0.4) is 0 Å². The van der Waals surface area contributed by atoms with Crippen LogP contribution in [0.5, 0.6) is 0 Å². The number of rotatable bonds is 2. The third-order valence-corrected chi connectivity index (χ3v) is 5.71. The minimum atomic E-state index is 0.0756. The fourth-order valence-electron chi connectivity index (χ4n) is 3.89. The molecule has 1 heterocycles. The van der Waals surface area contributed by atoms with E-state index in [0.717, 1.165) is 37.2 Å². The van der Waals surface area contributed by atoms with Gasteiger partial charge in [0, 0.05) is 12.3 Å². The van der Waals surface area contributed by atoms with Crippen molar-refractivity contribution in [3.05, 3.63) is 65.2 Å². The molecule has 2 aliphatic rings. The second kappa shape index (κ2) is 6.95. The third kappa shape index (κ3) is 3.97. The van der Waals surface area contributed by atoms with E-state index in [1.54, 1.807) is 0 Å². The first-order valence-electron chi connectivity index (χ1n) is 9.98. The minimum absolute atomic E-state index is 0.0756. The van der Waals surface area contributed by atoms with Crippen LogP contribution < -0.4 is 5.32 Å². The number of para-hydroxylation sites is 1. The number of aliphatic imine (C=N–C) groups is 1. The molecule has 0 radical (unpaired) electrons. The average molecular weight is 361 g/mol. The summed E-state index contributed by atoms with van der Waals surface area (Å²) in [4.78, 5) is 17.4. The summed E-state index contributed by atoms with van der Waals surface area (Å²) in [6.07, 6.45) is 3.81. The molecular weight excluding hydrogens is 332 g/mol. The van der Waals surface area contributed by atoms with Gasteiger partial charge in [0.1, 0.15) is 5.84 Å². The SMILES string of the molecule is CC(C)(C)c1ccc(C2CC2C(=O)NC2=Nc3ccccc3CCC2)cc1. The Morgan fingerprint density at radius 3 is 2.52 bits per heavy atom. The summed E-state index contributed by atoms with van der Waals surface area (Å²) in [5, 5.41) is 3.11. The van der Waals surface area contributed by atoms with Crippen LogP contribution in [0.15, 0.2) is 53.5 Å². The van der Waals surface area contributed by atoms with Crippen molar-refractivity contribution < 1.29 is 4.79 Å². The zero-order valence-electron chi connectivity index (χ0n) is 16.5. The lowest BCUT2D eigenvalue weighted by molar-refractivity contribution is -0.121. The maximum atomic E-state index is 12.7. The van der Waals surface area contributed by atoms with Crippen LogP contribution in [0.4, 0.5) is 5.69 Å². The lowest BCUT2D eigenvalue weighted by Crippen LogP contribution is -2.31. The number of fused-ring (bicyclic) bond motifs is 1. The van der Waals surface area contributed by atoms with E-state index in [1.807, 2.05) is 12.1 Å². The monoisotopic (exact) mass is 360 g/mol. The highest BCUT2D eigenvalue weighted by molar-refractivity contribution is 6.01. The number of carbonyl (C=O) groups excluding carboxylic acids is 1. The maximum absolute atomic E-state index is 12.7. The van der Waals surface area contributed by atoms with Crippen molar-refractivity contribution in [1.82, 2.24) is 5.32 Å². The molecule has 140 valence electrons. The number of carbonyl (C=O) groups is 1. The van der Waals surface area contributed by atoms with Gasteiger partial charge < -0.3 is 5.32 Å². The number of hydrogen-bond donors (Lipinski definition) is 1. The Morgan fingerprint density at radius 1 is 1.04 bits per heavy atom. The Kier molecular flexibility index (Phi) is 4.63. The lowest BCUT2D eigenvalue weighted by atomic mass is 9.86. The zero-order valence-corrected chi connectivity index (χ0v) is 16.5. The maximum Gasteiger partial charge on any atom is 0.229 e. The molecule has 4 rings (SSSR count). The molecule has 1 aliphatic heterocycles. The molecule has 0 spiro atoms. The van der Waals surface area contributed by atoms with Crippen LogP contribution >= 0.6 is 0 Å².